The minimum Gasteiger partial charge on any atom is -0.497 e. The number of carbonyl (C=O) groups excluding carboxylic acids is 4. The number of hydrogen-bond acceptors (Lipinski definition) is 7. The number of benzene rings is 1. The zero-order valence-electron chi connectivity index (χ0n) is 14.7. The molecule has 0 saturated carbocycles. The molecule has 1 amide bonds. The van der Waals surface area contributed by atoms with Crippen LogP contribution in [-0.2, 0) is 35.2 Å². The Bertz CT molecular complexity index is 774. The van der Waals surface area contributed by atoms with Crippen molar-refractivity contribution in [1.82, 2.24) is 4.90 Å². The van der Waals surface area contributed by atoms with Crippen molar-refractivity contribution in [3.05, 3.63) is 29.8 Å². The van der Waals surface area contributed by atoms with Crippen molar-refractivity contribution in [2.75, 3.05) is 14.2 Å². The molecule has 2 fully saturated rings. The summed E-state index contributed by atoms with van der Waals surface area (Å²) in [6.45, 7) is 1.42. The van der Waals surface area contributed by atoms with Crippen LogP contribution in [0, 0.1) is 5.92 Å². The first-order valence-corrected chi connectivity index (χ1v) is 8.05. The molecule has 0 aromatic heterocycles. The predicted octanol–water partition coefficient (Wildman–Crippen LogP) is 0.470. The van der Waals surface area contributed by atoms with Gasteiger partial charge in [0, 0.05) is 6.54 Å². The van der Waals surface area contributed by atoms with Gasteiger partial charge in [-0.3, -0.25) is 14.4 Å². The number of nitrogens with zero attached hydrogens (tertiary/aromatic N) is 1. The summed E-state index contributed by atoms with van der Waals surface area (Å²) in [5, 5.41) is 0. The van der Waals surface area contributed by atoms with Crippen molar-refractivity contribution in [3.8, 4) is 5.75 Å². The molecule has 0 aliphatic carbocycles. The molecule has 8 heteroatoms. The summed E-state index contributed by atoms with van der Waals surface area (Å²) in [5.41, 5.74) is -2.96. The Morgan fingerprint density at radius 2 is 1.96 bits per heavy atom. The van der Waals surface area contributed by atoms with E-state index in [-0.39, 0.29) is 13.0 Å². The second-order valence-electron chi connectivity index (χ2n) is 6.49. The third kappa shape index (κ3) is 2.21. The third-order valence-corrected chi connectivity index (χ3v) is 5.28. The van der Waals surface area contributed by atoms with Gasteiger partial charge in [0.2, 0.25) is 11.4 Å². The molecule has 2 saturated heterocycles. The summed E-state index contributed by atoms with van der Waals surface area (Å²) in [5.74, 6) is -2.34. The largest absolute Gasteiger partial charge is 0.497 e. The fourth-order valence-electron chi connectivity index (χ4n) is 3.82. The Balaban J connectivity index is 2.07. The Hall–Kier alpha value is -2.90. The molecular weight excluding hydrogens is 342 g/mol. The van der Waals surface area contributed by atoms with Gasteiger partial charge in [-0.15, -0.1) is 0 Å². The van der Waals surface area contributed by atoms with Crippen molar-refractivity contribution in [2.45, 2.75) is 31.0 Å². The molecule has 0 unspecified atom stereocenters. The van der Waals surface area contributed by atoms with E-state index < -0.39 is 34.9 Å². The minimum atomic E-state index is -2.03. The van der Waals surface area contributed by atoms with Crippen molar-refractivity contribution >= 4 is 24.1 Å². The Kier molecular flexibility index (Phi) is 4.21. The number of rotatable bonds is 5. The van der Waals surface area contributed by atoms with Crippen molar-refractivity contribution < 1.29 is 33.4 Å². The van der Waals surface area contributed by atoms with E-state index in [2.05, 4.69) is 0 Å². The molecule has 3 atom stereocenters. The van der Waals surface area contributed by atoms with Gasteiger partial charge in [-0.25, -0.2) is 4.79 Å². The van der Waals surface area contributed by atoms with Gasteiger partial charge in [-0.05, 0) is 24.6 Å². The van der Waals surface area contributed by atoms with Crippen LogP contribution in [0.1, 0.15) is 18.9 Å². The number of aldehydes is 1. The Morgan fingerprint density at radius 1 is 1.31 bits per heavy atom. The molecule has 26 heavy (non-hydrogen) atoms. The summed E-state index contributed by atoms with van der Waals surface area (Å²) >= 11 is 0. The first kappa shape index (κ1) is 17.9. The molecule has 0 spiro atoms. The number of carbonyl (C=O) groups is 4. The maximum Gasteiger partial charge on any atom is 0.343 e. The number of fused-ring (bicyclic) bond motifs is 1. The highest BCUT2D eigenvalue weighted by molar-refractivity contribution is 6.09. The van der Waals surface area contributed by atoms with E-state index in [9.17, 15) is 19.2 Å². The lowest BCUT2D eigenvalue weighted by molar-refractivity contribution is -0.177. The van der Waals surface area contributed by atoms with Crippen LogP contribution in [0.25, 0.3) is 0 Å². The van der Waals surface area contributed by atoms with Gasteiger partial charge in [-0.2, -0.15) is 0 Å². The van der Waals surface area contributed by atoms with Crippen LogP contribution in [0.3, 0.4) is 0 Å². The number of ether oxygens (including phenoxy) is 3. The van der Waals surface area contributed by atoms with Crippen LogP contribution in [0.15, 0.2) is 24.3 Å². The molecule has 138 valence electrons. The molecule has 1 aromatic rings. The zero-order valence-corrected chi connectivity index (χ0v) is 14.7. The third-order valence-electron chi connectivity index (χ3n) is 5.28. The normalized spacial score (nSPS) is 30.0. The molecule has 0 N–H and O–H groups in total. The summed E-state index contributed by atoms with van der Waals surface area (Å²) < 4.78 is 15.2. The average molecular weight is 361 g/mol. The summed E-state index contributed by atoms with van der Waals surface area (Å²) in [7, 11) is 2.65. The van der Waals surface area contributed by atoms with Gasteiger partial charge < -0.3 is 19.1 Å². The predicted molar refractivity (Wildman–Crippen MR) is 87.0 cm³/mol. The average Bonchev–Trinajstić information content (AvgIpc) is 3.03. The highest BCUT2D eigenvalue weighted by Crippen LogP contribution is 2.51. The lowest BCUT2D eigenvalue weighted by atomic mass is 9.77. The fourth-order valence-corrected chi connectivity index (χ4v) is 3.82. The second kappa shape index (κ2) is 6.12. The molecule has 2 aliphatic rings. The quantitative estimate of drug-likeness (QED) is 0.427. The van der Waals surface area contributed by atoms with Crippen LogP contribution < -0.4 is 4.74 Å². The SMILES string of the molecule is COC(=O)[C@]1(C=O)N(Cc2ccc(OC)cc2)C(=O)[C@@H]2CC(=O)O[C@@]21C. The topological polar surface area (TPSA) is 99.2 Å². The van der Waals surface area contributed by atoms with Gasteiger partial charge in [0.05, 0.1) is 26.6 Å². The van der Waals surface area contributed by atoms with E-state index in [1.807, 2.05) is 0 Å². The molecule has 2 aliphatic heterocycles. The fraction of sp³-hybridized carbons (Fsp3) is 0.444. The van der Waals surface area contributed by atoms with Crippen molar-refractivity contribution in [3.63, 3.8) is 0 Å². The highest BCUT2D eigenvalue weighted by atomic mass is 16.6. The van der Waals surface area contributed by atoms with Crippen molar-refractivity contribution in [1.29, 1.82) is 0 Å². The molecule has 3 rings (SSSR count). The van der Waals surface area contributed by atoms with E-state index in [0.717, 1.165) is 12.0 Å². The van der Waals surface area contributed by atoms with Gasteiger partial charge in [-0.1, -0.05) is 12.1 Å². The number of likely N-dealkylation sites (tertiary alicyclic amines) is 1. The van der Waals surface area contributed by atoms with E-state index in [1.54, 1.807) is 24.3 Å². The summed E-state index contributed by atoms with van der Waals surface area (Å²) in [6.07, 6.45) is 0.167. The number of methoxy groups -OCH3 is 2. The van der Waals surface area contributed by atoms with E-state index in [0.29, 0.717) is 17.6 Å². The number of hydrogen-bond donors (Lipinski definition) is 0. The summed E-state index contributed by atoms with van der Waals surface area (Å²) in [6, 6.07) is 6.86. The summed E-state index contributed by atoms with van der Waals surface area (Å²) in [4.78, 5) is 50.6. The molecule has 2 heterocycles. The van der Waals surface area contributed by atoms with E-state index >= 15 is 0 Å². The Morgan fingerprint density at radius 3 is 2.50 bits per heavy atom. The monoisotopic (exact) mass is 361 g/mol. The second-order valence-corrected chi connectivity index (χ2v) is 6.49. The van der Waals surface area contributed by atoms with Crippen molar-refractivity contribution in [2.24, 2.45) is 5.92 Å². The Labute approximate surface area is 150 Å². The zero-order chi connectivity index (χ0) is 19.1. The van der Waals surface area contributed by atoms with Crippen LogP contribution in [0.4, 0.5) is 0 Å². The molecule has 0 bridgehead atoms. The first-order valence-electron chi connectivity index (χ1n) is 8.05. The standard InChI is InChI=1S/C18H19NO7/c1-17-13(8-14(21)26-17)15(22)19(18(17,10-20)16(23)25-3)9-11-4-6-12(24-2)7-5-11/h4-7,10,13H,8-9H2,1-3H3/t13-,17-,18-/m0/s1. The van der Waals surface area contributed by atoms with Crippen LogP contribution >= 0.6 is 0 Å². The van der Waals surface area contributed by atoms with Gasteiger partial charge in [0.15, 0.2) is 11.9 Å². The maximum absolute atomic E-state index is 13.0. The first-order chi connectivity index (χ1) is 12.3. The van der Waals surface area contributed by atoms with Crippen LogP contribution in [-0.4, -0.2) is 54.4 Å². The van der Waals surface area contributed by atoms with Gasteiger partial charge in [0.1, 0.15) is 5.75 Å². The van der Waals surface area contributed by atoms with E-state index in [1.165, 1.54) is 14.0 Å². The van der Waals surface area contributed by atoms with Gasteiger partial charge in [0.25, 0.3) is 0 Å². The molecule has 8 nitrogen and oxygen atoms in total. The lowest BCUT2D eigenvalue weighted by Crippen LogP contribution is -2.65. The minimum absolute atomic E-state index is 0.0136. The van der Waals surface area contributed by atoms with E-state index in [4.69, 9.17) is 14.2 Å². The molecule has 1 aromatic carbocycles. The molecule has 0 radical (unpaired) electrons. The van der Waals surface area contributed by atoms with Gasteiger partial charge >= 0.3 is 11.9 Å². The molecular formula is C18H19NO7. The smallest absolute Gasteiger partial charge is 0.343 e. The lowest BCUT2D eigenvalue weighted by Gasteiger charge is -2.39. The van der Waals surface area contributed by atoms with Crippen LogP contribution in [0.5, 0.6) is 5.75 Å². The maximum atomic E-state index is 13.0. The van der Waals surface area contributed by atoms with Crippen LogP contribution in [0.2, 0.25) is 0 Å². The number of esters is 2. The number of amides is 1. The highest BCUT2D eigenvalue weighted by Gasteiger charge is 2.76.